The second kappa shape index (κ2) is 6.73. The van der Waals surface area contributed by atoms with Crippen LogP contribution in [-0.4, -0.2) is 23.2 Å². The van der Waals surface area contributed by atoms with Gasteiger partial charge < -0.3 is 10.3 Å². The molecule has 2 aromatic carbocycles. The van der Waals surface area contributed by atoms with Gasteiger partial charge in [-0.25, -0.2) is 0 Å². The molecule has 0 atom stereocenters. The molecule has 0 aliphatic rings. The van der Waals surface area contributed by atoms with Crippen LogP contribution in [0.4, 0.5) is 26.3 Å². The summed E-state index contributed by atoms with van der Waals surface area (Å²) in [5.41, 5.74) is -6.26. The molecule has 0 saturated heterocycles. The first-order chi connectivity index (χ1) is 13.0. The Bertz CT molecular complexity index is 1010. The van der Waals surface area contributed by atoms with E-state index in [9.17, 15) is 31.1 Å². The Morgan fingerprint density at radius 3 is 2.07 bits per heavy atom. The molecule has 0 aliphatic carbocycles. The molecule has 0 aliphatic heterocycles. The van der Waals surface area contributed by atoms with Crippen LogP contribution >= 0.6 is 11.6 Å². The van der Waals surface area contributed by atoms with E-state index in [4.69, 9.17) is 11.6 Å². The van der Waals surface area contributed by atoms with Gasteiger partial charge in [0, 0.05) is 22.7 Å². The first kappa shape index (κ1) is 20.1. The van der Waals surface area contributed by atoms with Gasteiger partial charge in [-0.15, -0.1) is 0 Å². The highest BCUT2D eigenvalue weighted by Gasteiger charge is 2.73. The van der Waals surface area contributed by atoms with Crippen molar-refractivity contribution in [1.82, 2.24) is 10.3 Å². The molecule has 0 saturated carbocycles. The van der Waals surface area contributed by atoms with Crippen LogP contribution in [0.2, 0.25) is 5.02 Å². The second-order valence-corrected chi connectivity index (χ2v) is 6.33. The summed E-state index contributed by atoms with van der Waals surface area (Å²) < 4.78 is 83.7. The molecule has 0 fully saturated rings. The molecule has 2 N–H and O–H groups in total. The quantitative estimate of drug-likeness (QED) is 0.534. The number of halogens is 7. The molecular formula is C18H11ClF6N2O. The first-order valence-electron chi connectivity index (χ1n) is 7.76. The van der Waals surface area contributed by atoms with Crippen LogP contribution in [0.15, 0.2) is 54.7 Å². The zero-order chi connectivity index (χ0) is 20.7. The number of nitrogens with one attached hydrogen (secondary N) is 2. The number of aromatic amines is 1. The summed E-state index contributed by atoms with van der Waals surface area (Å²) >= 11 is 5.77. The van der Waals surface area contributed by atoms with E-state index < -0.39 is 34.9 Å². The van der Waals surface area contributed by atoms with Gasteiger partial charge in [-0.05, 0) is 18.2 Å². The number of carbonyl (C=O) groups is 1. The maximum atomic E-state index is 14.0. The first-order valence-corrected chi connectivity index (χ1v) is 8.14. The number of hydrogen-bond acceptors (Lipinski definition) is 1. The van der Waals surface area contributed by atoms with Crippen LogP contribution in [0, 0.1) is 0 Å². The lowest BCUT2D eigenvalue weighted by Gasteiger charge is -2.38. The summed E-state index contributed by atoms with van der Waals surface area (Å²) in [6, 6.07) is 10.1. The van der Waals surface area contributed by atoms with E-state index in [1.54, 1.807) is 0 Å². The Morgan fingerprint density at radius 1 is 0.893 bits per heavy atom. The molecule has 3 aromatic rings. The molecular weight excluding hydrogens is 410 g/mol. The van der Waals surface area contributed by atoms with Crippen molar-refractivity contribution < 1.29 is 31.1 Å². The summed E-state index contributed by atoms with van der Waals surface area (Å²) in [4.78, 5) is 14.8. The maximum absolute atomic E-state index is 14.0. The van der Waals surface area contributed by atoms with Crippen molar-refractivity contribution in [2.75, 3.05) is 0 Å². The molecule has 1 heterocycles. The van der Waals surface area contributed by atoms with Crippen LogP contribution in [0.25, 0.3) is 10.9 Å². The Balaban J connectivity index is 2.26. The fourth-order valence-corrected chi connectivity index (χ4v) is 3.16. The minimum Gasteiger partial charge on any atom is -0.361 e. The van der Waals surface area contributed by atoms with E-state index in [2.05, 4.69) is 4.98 Å². The van der Waals surface area contributed by atoms with Crippen LogP contribution in [0.1, 0.15) is 15.9 Å². The van der Waals surface area contributed by atoms with Gasteiger partial charge in [0.15, 0.2) is 0 Å². The fraction of sp³-hybridized carbons (Fsp3) is 0.167. The fourth-order valence-electron chi connectivity index (χ4n) is 2.94. The van der Waals surface area contributed by atoms with Gasteiger partial charge in [-0.3, -0.25) is 4.79 Å². The molecule has 0 bridgehead atoms. The molecule has 28 heavy (non-hydrogen) atoms. The van der Waals surface area contributed by atoms with Gasteiger partial charge in [-0.1, -0.05) is 41.9 Å². The van der Waals surface area contributed by atoms with Gasteiger partial charge in [0.25, 0.3) is 11.4 Å². The number of hydrogen-bond donors (Lipinski definition) is 2. The van der Waals surface area contributed by atoms with Gasteiger partial charge in [0.2, 0.25) is 0 Å². The molecule has 1 amide bonds. The van der Waals surface area contributed by atoms with E-state index in [1.807, 2.05) is 0 Å². The molecule has 0 radical (unpaired) electrons. The van der Waals surface area contributed by atoms with Crippen molar-refractivity contribution in [3.8, 4) is 0 Å². The number of rotatable bonds is 3. The van der Waals surface area contributed by atoms with Crippen molar-refractivity contribution in [2.24, 2.45) is 0 Å². The van der Waals surface area contributed by atoms with Crippen molar-refractivity contribution in [3.63, 3.8) is 0 Å². The number of alkyl halides is 6. The highest BCUT2D eigenvalue weighted by atomic mass is 35.5. The lowest BCUT2D eigenvalue weighted by molar-refractivity contribution is -0.309. The smallest absolute Gasteiger partial charge is 0.361 e. The molecule has 10 heteroatoms. The number of amides is 1. The predicted octanol–water partition coefficient (Wildman–Crippen LogP) is 5.57. The Morgan fingerprint density at radius 2 is 1.46 bits per heavy atom. The third-order valence-corrected chi connectivity index (χ3v) is 4.59. The molecule has 1 aromatic heterocycles. The zero-order valence-electron chi connectivity index (χ0n) is 13.8. The Hall–Kier alpha value is -2.68. The normalized spacial score (nSPS) is 13.0. The monoisotopic (exact) mass is 420 g/mol. The zero-order valence-corrected chi connectivity index (χ0v) is 14.5. The highest BCUT2D eigenvalue weighted by molar-refractivity contribution is 6.33. The lowest BCUT2D eigenvalue weighted by Crippen LogP contribution is -2.64. The standard InChI is InChI=1S/C18H11ClF6N2O/c19-13-7-3-1-6-11(13)15(28)27-16(17(20,21)22,18(23,24)25)12-9-26-14-8-4-2-5-10(12)14/h1-9,26H,(H,27,28). The number of H-pyrrole nitrogens is 1. The van der Waals surface area contributed by atoms with E-state index >= 15 is 0 Å². The summed E-state index contributed by atoms with van der Waals surface area (Å²) in [7, 11) is 0. The van der Waals surface area contributed by atoms with Gasteiger partial charge >= 0.3 is 12.4 Å². The van der Waals surface area contributed by atoms with Crippen LogP contribution in [-0.2, 0) is 5.54 Å². The third kappa shape index (κ3) is 3.09. The maximum Gasteiger partial charge on any atom is 0.424 e. The number of para-hydroxylation sites is 1. The van der Waals surface area contributed by atoms with Crippen LogP contribution < -0.4 is 5.32 Å². The molecule has 3 rings (SSSR count). The minimum absolute atomic E-state index is 0.0577. The molecule has 3 nitrogen and oxygen atoms in total. The summed E-state index contributed by atoms with van der Waals surface area (Å²) in [5.74, 6) is -1.61. The second-order valence-electron chi connectivity index (χ2n) is 5.93. The van der Waals surface area contributed by atoms with Crippen molar-refractivity contribution in [1.29, 1.82) is 0 Å². The highest BCUT2D eigenvalue weighted by Crippen LogP contribution is 2.52. The largest absolute Gasteiger partial charge is 0.424 e. The molecule has 148 valence electrons. The van der Waals surface area contributed by atoms with E-state index in [0.717, 1.165) is 12.1 Å². The van der Waals surface area contributed by atoms with E-state index in [0.29, 0.717) is 6.20 Å². The van der Waals surface area contributed by atoms with Gasteiger partial charge in [0.1, 0.15) is 0 Å². The van der Waals surface area contributed by atoms with Crippen molar-refractivity contribution in [3.05, 3.63) is 70.9 Å². The summed E-state index contributed by atoms with van der Waals surface area (Å²) in [6.07, 6.45) is -11.2. The molecule has 0 spiro atoms. The lowest BCUT2D eigenvalue weighted by atomic mass is 9.87. The summed E-state index contributed by atoms with van der Waals surface area (Å²) in [5, 5.41) is 0.566. The average molecular weight is 421 g/mol. The van der Waals surface area contributed by atoms with Gasteiger partial charge in [0.05, 0.1) is 10.6 Å². The van der Waals surface area contributed by atoms with Crippen LogP contribution in [0.5, 0.6) is 0 Å². The summed E-state index contributed by atoms with van der Waals surface area (Å²) in [6.45, 7) is 0. The topological polar surface area (TPSA) is 44.9 Å². The van der Waals surface area contributed by atoms with Crippen molar-refractivity contribution >= 4 is 28.4 Å². The number of aromatic nitrogens is 1. The SMILES string of the molecule is O=C(NC(c1c[nH]c2ccccc12)(C(F)(F)F)C(F)(F)F)c1ccccc1Cl. The van der Waals surface area contributed by atoms with E-state index in [1.165, 1.54) is 41.7 Å². The predicted molar refractivity (Wildman–Crippen MR) is 91.0 cm³/mol. The van der Waals surface area contributed by atoms with Crippen LogP contribution in [0.3, 0.4) is 0 Å². The van der Waals surface area contributed by atoms with E-state index in [-0.39, 0.29) is 15.9 Å². The Labute approximate surface area is 159 Å². The average Bonchev–Trinajstić information content (AvgIpc) is 3.02. The van der Waals surface area contributed by atoms with Gasteiger partial charge in [-0.2, -0.15) is 26.3 Å². The third-order valence-electron chi connectivity index (χ3n) is 4.26. The van der Waals surface area contributed by atoms with Crippen molar-refractivity contribution in [2.45, 2.75) is 17.9 Å². The molecule has 0 unspecified atom stereocenters. The number of carbonyl (C=O) groups excluding carboxylic acids is 1. The number of benzene rings is 2. The number of fused-ring (bicyclic) bond motifs is 1. The minimum atomic E-state index is -5.90. The Kier molecular flexibility index (Phi) is 4.82.